The number of nitrogens with zero attached hydrogens (tertiary/aromatic N) is 3. The van der Waals surface area contributed by atoms with Gasteiger partial charge in [-0.3, -0.25) is 4.79 Å². The van der Waals surface area contributed by atoms with E-state index in [9.17, 15) is 55.9 Å². The maximum absolute atomic E-state index is 12.7. The summed E-state index contributed by atoms with van der Waals surface area (Å²) in [5.41, 5.74) is 8.28. The molecule has 4 saturated heterocycles. The van der Waals surface area contributed by atoms with E-state index in [1.165, 1.54) is 13.8 Å². The molecule has 0 aromatic heterocycles. The molecule has 0 bridgehead atoms. The van der Waals surface area contributed by atoms with Crippen molar-refractivity contribution in [1.29, 1.82) is 0 Å². The van der Waals surface area contributed by atoms with Crippen LogP contribution in [0, 0.1) is 0 Å². The van der Waals surface area contributed by atoms with Gasteiger partial charge >= 0.3 is 0 Å². The van der Waals surface area contributed by atoms with Gasteiger partial charge in [-0.25, -0.2) is 0 Å². The van der Waals surface area contributed by atoms with Gasteiger partial charge < -0.3 is 108 Å². The summed E-state index contributed by atoms with van der Waals surface area (Å²) in [5.74, 6) is -0.650. The molecule has 0 radical (unpaired) electrons. The number of aliphatic hydroxyl groups is 10. The molecular weight excluding hydrogens is 816 g/mol. The van der Waals surface area contributed by atoms with Gasteiger partial charge in [0.1, 0.15) is 85.4 Å². The van der Waals surface area contributed by atoms with E-state index in [0.717, 1.165) is 6.92 Å². The lowest BCUT2D eigenvalue weighted by atomic mass is 9.94. The summed E-state index contributed by atoms with van der Waals surface area (Å²) in [6.45, 7) is 3.37. The van der Waals surface area contributed by atoms with Gasteiger partial charge in [-0.2, -0.15) is 0 Å². The second-order valence-corrected chi connectivity index (χ2v) is 14.5. The van der Waals surface area contributed by atoms with Crippen LogP contribution >= 0.6 is 0 Å². The van der Waals surface area contributed by atoms with Crippen molar-refractivity contribution in [3.05, 3.63) is 10.4 Å². The third-order valence-electron chi connectivity index (χ3n) is 10.2. The SMILES string of the molecule is CC(=O)N[C@H]1[C@H](OCCOCCOCCOCCN=[N+]=[N-])O[C@H](CO)[C@@H](O[C@@H]2O[C@H](CO)[C@H](O)[C@H](O)[C@H]2O[C@H]2O[C@H](C)[C@H](O)[C@H](O)[C@H]2O)[C@@H]1O[C@@H]1O[C@@H](C)[C@@H](O)[C@@H](O)[C@@H]1O. The summed E-state index contributed by atoms with van der Waals surface area (Å²) < 4.78 is 63.6. The summed E-state index contributed by atoms with van der Waals surface area (Å²) in [7, 11) is 0. The summed E-state index contributed by atoms with van der Waals surface area (Å²) >= 11 is 0. The standard InChI is InChI=1S/C34H60N4O22/c1-14-20(42)23(45)26(48)32(54-14)59-29-19(37-16(3)41)31(53-11-10-52-9-8-51-7-6-50-5-4-36-38-35)57-18(13-40)28(29)58-34-30(25(47)22(44)17(12-39)56-34)60-33-27(49)24(46)21(43)15(2)55-33/h14-15,17-34,39-40,42-49H,4-13H2,1-3H3,(H,37,41)/t14-,15+,17+,18+,19+,20+,21-,22-,23+,24-,25-,26-,27+,28+,29+,30+,31+,32-,33+,34-/m0/s1. The molecule has 4 aliphatic rings. The highest BCUT2D eigenvalue weighted by Crippen LogP contribution is 2.35. The van der Waals surface area contributed by atoms with Crippen LogP contribution in [0.5, 0.6) is 0 Å². The highest BCUT2D eigenvalue weighted by Gasteiger charge is 2.56. The second kappa shape index (κ2) is 24.7. The van der Waals surface area contributed by atoms with Crippen LogP contribution in [0.25, 0.3) is 10.4 Å². The van der Waals surface area contributed by atoms with E-state index in [1.54, 1.807) is 0 Å². The monoisotopic (exact) mass is 876 g/mol. The van der Waals surface area contributed by atoms with Gasteiger partial charge in [-0.15, -0.1) is 0 Å². The molecule has 4 rings (SSSR count). The molecule has 60 heavy (non-hydrogen) atoms. The Bertz CT molecular complexity index is 1330. The van der Waals surface area contributed by atoms with Crippen molar-refractivity contribution in [2.75, 3.05) is 66.0 Å². The second-order valence-electron chi connectivity index (χ2n) is 14.5. The molecule has 26 heteroatoms. The molecule has 1 amide bonds. The number of nitrogens with one attached hydrogen (secondary N) is 1. The minimum absolute atomic E-state index is 0.0168. The van der Waals surface area contributed by atoms with Gasteiger partial charge in [0.05, 0.1) is 71.7 Å². The number of ether oxygens (including phenoxy) is 11. The molecule has 0 aromatic rings. The van der Waals surface area contributed by atoms with E-state index in [1.807, 2.05) is 0 Å². The molecule has 20 atom stereocenters. The summed E-state index contributed by atoms with van der Waals surface area (Å²) in [4.78, 5) is 15.3. The normalized spacial score (nSPS) is 42.4. The van der Waals surface area contributed by atoms with Crippen LogP contribution in [0.4, 0.5) is 0 Å². The van der Waals surface area contributed by atoms with Gasteiger partial charge in [-0.1, -0.05) is 5.11 Å². The van der Waals surface area contributed by atoms with E-state index >= 15 is 0 Å². The van der Waals surface area contributed by atoms with Crippen LogP contribution < -0.4 is 5.32 Å². The molecule has 11 N–H and O–H groups in total. The van der Waals surface area contributed by atoms with Crippen molar-refractivity contribution in [1.82, 2.24) is 5.32 Å². The number of carbonyl (C=O) groups is 1. The van der Waals surface area contributed by atoms with Crippen molar-refractivity contribution in [2.45, 2.75) is 144 Å². The molecular formula is C34H60N4O22. The first-order valence-corrected chi connectivity index (χ1v) is 19.5. The maximum Gasteiger partial charge on any atom is 0.217 e. The Morgan fingerprint density at radius 3 is 1.58 bits per heavy atom. The Kier molecular flexibility index (Phi) is 20.8. The fraction of sp³-hybridized carbons (Fsp3) is 0.971. The van der Waals surface area contributed by atoms with Gasteiger partial charge in [0, 0.05) is 18.4 Å². The molecule has 0 unspecified atom stereocenters. The van der Waals surface area contributed by atoms with Crippen molar-refractivity contribution in [2.24, 2.45) is 5.11 Å². The van der Waals surface area contributed by atoms with Crippen LogP contribution in [-0.4, -0.2) is 246 Å². The van der Waals surface area contributed by atoms with Crippen LogP contribution in [0.1, 0.15) is 20.8 Å². The van der Waals surface area contributed by atoms with Crippen molar-refractivity contribution < 1.29 is 108 Å². The van der Waals surface area contributed by atoms with E-state index in [0.29, 0.717) is 0 Å². The van der Waals surface area contributed by atoms with E-state index < -0.39 is 142 Å². The van der Waals surface area contributed by atoms with Gasteiger partial charge in [-0.05, 0) is 19.4 Å². The lowest BCUT2D eigenvalue weighted by Gasteiger charge is -2.51. The zero-order valence-corrected chi connectivity index (χ0v) is 33.3. The number of carbonyl (C=O) groups excluding carboxylic acids is 1. The number of amides is 1. The molecule has 4 heterocycles. The Balaban J connectivity index is 1.56. The zero-order chi connectivity index (χ0) is 44.1. The first kappa shape index (κ1) is 50.6. The lowest BCUT2D eigenvalue weighted by molar-refractivity contribution is -0.392. The Morgan fingerprint density at radius 2 is 1.07 bits per heavy atom. The maximum atomic E-state index is 12.7. The first-order chi connectivity index (χ1) is 28.6. The van der Waals surface area contributed by atoms with E-state index in [-0.39, 0.29) is 52.8 Å². The van der Waals surface area contributed by atoms with E-state index in [4.69, 9.17) is 57.6 Å². The fourth-order valence-corrected chi connectivity index (χ4v) is 6.85. The third kappa shape index (κ3) is 13.2. The average molecular weight is 877 g/mol. The zero-order valence-electron chi connectivity index (χ0n) is 33.3. The average Bonchev–Trinajstić information content (AvgIpc) is 3.22. The first-order valence-electron chi connectivity index (χ1n) is 19.5. The topological polar surface area (TPSA) is 382 Å². The molecule has 4 fully saturated rings. The minimum Gasteiger partial charge on any atom is -0.394 e. The molecule has 4 aliphatic heterocycles. The molecule has 0 spiro atoms. The van der Waals surface area contributed by atoms with E-state index in [2.05, 4.69) is 15.3 Å². The predicted molar refractivity (Wildman–Crippen MR) is 193 cm³/mol. The van der Waals surface area contributed by atoms with Crippen LogP contribution in [0.2, 0.25) is 0 Å². The summed E-state index contributed by atoms with van der Waals surface area (Å²) in [5, 5.41) is 112. The Labute approximate surface area is 344 Å². The smallest absolute Gasteiger partial charge is 0.217 e. The fourth-order valence-electron chi connectivity index (χ4n) is 6.85. The number of azide groups is 1. The molecule has 348 valence electrons. The van der Waals surface area contributed by atoms with Crippen LogP contribution in [-0.2, 0) is 56.9 Å². The van der Waals surface area contributed by atoms with Gasteiger partial charge in [0.25, 0.3) is 0 Å². The van der Waals surface area contributed by atoms with Crippen molar-refractivity contribution >= 4 is 5.91 Å². The molecule has 0 aromatic carbocycles. The number of hydrogen-bond acceptors (Lipinski definition) is 23. The lowest BCUT2D eigenvalue weighted by Crippen LogP contribution is -2.70. The molecule has 0 saturated carbocycles. The van der Waals surface area contributed by atoms with Gasteiger partial charge in [0.2, 0.25) is 5.91 Å². The van der Waals surface area contributed by atoms with Crippen LogP contribution in [0.15, 0.2) is 5.11 Å². The minimum atomic E-state index is -1.94. The molecule has 0 aliphatic carbocycles. The van der Waals surface area contributed by atoms with Crippen molar-refractivity contribution in [3.8, 4) is 0 Å². The van der Waals surface area contributed by atoms with Gasteiger partial charge in [0.15, 0.2) is 25.2 Å². The third-order valence-corrected chi connectivity index (χ3v) is 10.2. The quantitative estimate of drug-likeness (QED) is 0.0209. The van der Waals surface area contributed by atoms with Crippen LogP contribution in [0.3, 0.4) is 0 Å². The predicted octanol–water partition coefficient (Wildman–Crippen LogP) is -6.17. The largest absolute Gasteiger partial charge is 0.394 e. The number of hydrogen-bond donors (Lipinski definition) is 11. The highest BCUT2D eigenvalue weighted by atomic mass is 16.8. The molecule has 26 nitrogen and oxygen atoms in total. The number of aliphatic hydroxyl groups excluding tert-OH is 10. The Hall–Kier alpha value is -2.06. The Morgan fingerprint density at radius 1 is 0.583 bits per heavy atom. The van der Waals surface area contributed by atoms with Crippen molar-refractivity contribution in [3.63, 3.8) is 0 Å². The summed E-state index contributed by atoms with van der Waals surface area (Å²) in [6, 6.07) is -1.39. The number of rotatable bonds is 22. The summed E-state index contributed by atoms with van der Waals surface area (Å²) in [6.07, 6.45) is -31.0. The highest BCUT2D eigenvalue weighted by molar-refractivity contribution is 5.73.